The van der Waals surface area contributed by atoms with E-state index >= 15 is 0 Å². The zero-order chi connectivity index (χ0) is 29.5. The first-order valence-electron chi connectivity index (χ1n) is 14.7. The molecule has 0 bridgehead atoms. The maximum atomic E-state index is 13.1. The lowest BCUT2D eigenvalue weighted by atomic mass is 9.84. The average Bonchev–Trinajstić information content (AvgIpc) is 2.98. The minimum Gasteiger partial charge on any atom is -0.480 e. The highest BCUT2D eigenvalue weighted by Crippen LogP contribution is 2.26. The molecule has 228 valence electrons. The van der Waals surface area contributed by atoms with Crippen LogP contribution in [-0.4, -0.2) is 76.6 Å². The van der Waals surface area contributed by atoms with E-state index in [1.807, 2.05) is 0 Å². The van der Waals surface area contributed by atoms with E-state index in [0.29, 0.717) is 17.4 Å². The fraction of sp³-hybridized carbons (Fsp3) is 0.621. The monoisotopic (exact) mass is 591 g/mol. The molecule has 2 saturated heterocycles. The summed E-state index contributed by atoms with van der Waals surface area (Å²) >= 11 is 0. The molecule has 1 unspecified atom stereocenters. The normalized spacial score (nSPS) is 17.9. The number of rotatable bonds is 16. The fourth-order valence-electron chi connectivity index (χ4n) is 5.36. The summed E-state index contributed by atoms with van der Waals surface area (Å²) in [6, 6.07) is 7.14. The lowest BCUT2D eigenvalue weighted by Gasteiger charge is -2.27. The summed E-state index contributed by atoms with van der Waals surface area (Å²) in [6.07, 6.45) is 9.33. The number of carbonyl (C=O) groups excluding carboxylic acids is 2. The Labute approximate surface area is 243 Å². The summed E-state index contributed by atoms with van der Waals surface area (Å²) in [5, 5.41) is 22.3. The van der Waals surface area contributed by atoms with E-state index in [4.69, 9.17) is 0 Å². The summed E-state index contributed by atoms with van der Waals surface area (Å²) in [7, 11) is -4.08. The highest BCUT2D eigenvalue weighted by atomic mass is 32.2. The fourth-order valence-corrected chi connectivity index (χ4v) is 6.36. The molecule has 2 aliphatic heterocycles. The van der Waals surface area contributed by atoms with E-state index in [-0.39, 0.29) is 18.4 Å². The Bertz CT molecular complexity index is 1080. The molecule has 11 nitrogen and oxygen atoms in total. The van der Waals surface area contributed by atoms with Crippen molar-refractivity contribution in [3.8, 4) is 0 Å². The molecule has 41 heavy (non-hydrogen) atoms. The second-order valence-corrected chi connectivity index (χ2v) is 12.6. The van der Waals surface area contributed by atoms with Gasteiger partial charge in [0.25, 0.3) is 0 Å². The average molecular weight is 592 g/mol. The Balaban J connectivity index is 1.47. The lowest BCUT2D eigenvalue weighted by molar-refractivity contribution is -0.139. The van der Waals surface area contributed by atoms with Crippen LogP contribution in [-0.2, 0) is 24.4 Å². The van der Waals surface area contributed by atoms with Gasteiger partial charge in [-0.05, 0) is 101 Å². The molecule has 0 saturated carbocycles. The zero-order valence-electron chi connectivity index (χ0n) is 23.6. The Hall–Kier alpha value is -2.80. The predicted molar refractivity (Wildman–Crippen MR) is 158 cm³/mol. The Morgan fingerprint density at radius 2 is 1.46 bits per heavy atom. The van der Waals surface area contributed by atoms with Gasteiger partial charge in [0, 0.05) is 17.9 Å². The topological polar surface area (TPSA) is 166 Å². The van der Waals surface area contributed by atoms with Crippen molar-refractivity contribution in [1.82, 2.24) is 26.0 Å². The van der Waals surface area contributed by atoms with Gasteiger partial charge < -0.3 is 26.4 Å². The van der Waals surface area contributed by atoms with Crippen LogP contribution >= 0.6 is 0 Å². The van der Waals surface area contributed by atoms with Crippen LogP contribution in [0.3, 0.4) is 0 Å². The summed E-state index contributed by atoms with van der Waals surface area (Å²) in [4.78, 5) is 37.2. The third-order valence-corrected chi connectivity index (χ3v) is 9.01. The van der Waals surface area contributed by atoms with Gasteiger partial charge in [0.1, 0.15) is 6.04 Å². The van der Waals surface area contributed by atoms with Crippen molar-refractivity contribution in [3.05, 3.63) is 41.3 Å². The minimum atomic E-state index is -4.08. The van der Waals surface area contributed by atoms with E-state index in [1.54, 1.807) is 30.3 Å². The number of carbonyl (C=O) groups is 3. The van der Waals surface area contributed by atoms with Crippen molar-refractivity contribution >= 4 is 33.9 Å². The Morgan fingerprint density at radius 1 is 0.902 bits per heavy atom. The molecule has 0 radical (unpaired) electrons. The van der Waals surface area contributed by atoms with Crippen LogP contribution in [0.1, 0.15) is 56.9 Å². The third kappa shape index (κ3) is 12.7. The number of hydrogen-bond acceptors (Lipinski definition) is 7. The van der Waals surface area contributed by atoms with Gasteiger partial charge in [0.05, 0.1) is 6.54 Å². The predicted octanol–water partition coefficient (Wildman–Crippen LogP) is 1.44. The van der Waals surface area contributed by atoms with Gasteiger partial charge in [-0.3, -0.25) is 14.4 Å². The number of carboxylic acids is 1. The SMILES string of the molecule is O=C(CNC(=O)C(CCC1CCNCC1)CCC1CCNCC1)NCC(NS(=O)(=O)/C=C/c1ccccc1)C(=O)O. The Morgan fingerprint density at radius 3 is 2.00 bits per heavy atom. The van der Waals surface area contributed by atoms with Crippen LogP contribution in [0, 0.1) is 17.8 Å². The van der Waals surface area contributed by atoms with Crippen molar-refractivity contribution in [2.75, 3.05) is 39.3 Å². The first kappa shape index (κ1) is 32.7. The van der Waals surface area contributed by atoms with Crippen LogP contribution in [0.4, 0.5) is 0 Å². The van der Waals surface area contributed by atoms with Crippen molar-refractivity contribution in [3.63, 3.8) is 0 Å². The maximum absolute atomic E-state index is 13.1. The molecule has 0 aliphatic carbocycles. The molecular weight excluding hydrogens is 546 g/mol. The van der Waals surface area contributed by atoms with Crippen LogP contribution in [0.5, 0.6) is 0 Å². The highest BCUT2D eigenvalue weighted by molar-refractivity contribution is 7.92. The number of benzene rings is 1. The van der Waals surface area contributed by atoms with Gasteiger partial charge in [0.15, 0.2) is 0 Å². The smallest absolute Gasteiger partial charge is 0.323 e. The molecule has 1 atom stereocenters. The van der Waals surface area contributed by atoms with Crippen LogP contribution in [0.2, 0.25) is 0 Å². The molecule has 3 rings (SSSR count). The molecule has 2 amide bonds. The molecule has 6 N–H and O–H groups in total. The maximum Gasteiger partial charge on any atom is 0.323 e. The summed E-state index contributed by atoms with van der Waals surface area (Å²) in [5.74, 6) is -1.14. The van der Waals surface area contributed by atoms with Crippen LogP contribution in [0.25, 0.3) is 6.08 Å². The van der Waals surface area contributed by atoms with Gasteiger partial charge in [-0.25, -0.2) is 8.42 Å². The minimum absolute atomic E-state index is 0.162. The molecule has 2 aliphatic rings. The van der Waals surface area contributed by atoms with Crippen LogP contribution < -0.4 is 26.0 Å². The zero-order valence-corrected chi connectivity index (χ0v) is 24.5. The van der Waals surface area contributed by atoms with Crippen molar-refractivity contribution < 1.29 is 27.9 Å². The number of sulfonamides is 1. The number of carboxylic acid groups (broad SMARTS) is 1. The third-order valence-electron chi connectivity index (χ3n) is 7.91. The number of aliphatic carboxylic acids is 1. The second-order valence-electron chi connectivity index (χ2n) is 11.0. The standard InChI is InChI=1S/C29H45N5O6S/c35-27(32-20-26(29(37)38)34-41(39,40)19-14-22-4-2-1-3-5-22)21-33-28(36)25(8-6-23-10-15-30-16-11-23)9-7-24-12-17-31-18-13-24/h1-5,14,19,23-26,30-31,34H,6-13,15-18,20-21H2,(H,32,35)(H,33,36)(H,37,38)/b19-14+. The number of amides is 2. The van der Waals surface area contributed by atoms with Crippen molar-refractivity contribution in [1.29, 1.82) is 0 Å². The van der Waals surface area contributed by atoms with E-state index in [0.717, 1.165) is 83.0 Å². The van der Waals surface area contributed by atoms with E-state index in [9.17, 15) is 27.9 Å². The molecule has 0 spiro atoms. The lowest BCUT2D eigenvalue weighted by Crippen LogP contribution is -2.49. The molecule has 1 aromatic carbocycles. The largest absolute Gasteiger partial charge is 0.480 e. The Kier molecular flexibility index (Phi) is 13.7. The first-order valence-corrected chi connectivity index (χ1v) is 16.2. The molecule has 2 fully saturated rings. The highest BCUT2D eigenvalue weighted by Gasteiger charge is 2.25. The molecule has 0 aromatic heterocycles. The molecular formula is C29H45N5O6S. The number of nitrogens with one attached hydrogen (secondary N) is 5. The summed E-state index contributed by atoms with van der Waals surface area (Å²) in [5.41, 5.74) is 0.638. The molecule has 2 heterocycles. The van der Waals surface area contributed by atoms with Gasteiger partial charge in [0.2, 0.25) is 21.8 Å². The quantitative estimate of drug-likeness (QED) is 0.168. The molecule has 12 heteroatoms. The van der Waals surface area contributed by atoms with E-state index < -0.39 is 34.5 Å². The van der Waals surface area contributed by atoms with Crippen LogP contribution in [0.15, 0.2) is 35.7 Å². The van der Waals surface area contributed by atoms with Gasteiger partial charge in [-0.1, -0.05) is 30.3 Å². The van der Waals surface area contributed by atoms with Crippen molar-refractivity contribution in [2.45, 2.75) is 57.4 Å². The van der Waals surface area contributed by atoms with Crippen molar-refractivity contribution in [2.24, 2.45) is 17.8 Å². The first-order chi connectivity index (χ1) is 19.7. The van der Waals surface area contributed by atoms with E-state index in [1.165, 1.54) is 6.08 Å². The van der Waals surface area contributed by atoms with E-state index in [2.05, 4.69) is 26.0 Å². The second kappa shape index (κ2) is 17.2. The van der Waals surface area contributed by atoms with Gasteiger partial charge >= 0.3 is 5.97 Å². The number of piperidine rings is 2. The number of hydrogen-bond donors (Lipinski definition) is 6. The van der Waals surface area contributed by atoms with Gasteiger partial charge in [-0.15, -0.1) is 0 Å². The summed E-state index contributed by atoms with van der Waals surface area (Å²) in [6.45, 7) is 3.27. The summed E-state index contributed by atoms with van der Waals surface area (Å²) < 4.78 is 26.8. The van der Waals surface area contributed by atoms with Gasteiger partial charge in [-0.2, -0.15) is 4.72 Å². The molecule has 1 aromatic rings.